The van der Waals surface area contributed by atoms with E-state index in [0.717, 1.165) is 5.56 Å². The zero-order valence-electron chi connectivity index (χ0n) is 15.3. The van der Waals surface area contributed by atoms with E-state index in [9.17, 15) is 18.8 Å². The maximum atomic E-state index is 13.0. The topological polar surface area (TPSA) is 90.4 Å². The van der Waals surface area contributed by atoms with Crippen LogP contribution in [0.1, 0.15) is 12.0 Å². The smallest absolute Gasteiger partial charge is 0.248 e. The molecule has 3 amide bonds. The minimum atomic E-state index is -0.705. The molecule has 0 unspecified atom stereocenters. The van der Waals surface area contributed by atoms with Gasteiger partial charge in [0, 0.05) is 26.1 Å². The van der Waals surface area contributed by atoms with Gasteiger partial charge in [0.25, 0.3) is 0 Å². The average molecular weight is 391 g/mol. The summed E-state index contributed by atoms with van der Waals surface area (Å²) in [5, 5.41) is 9.05. The van der Waals surface area contributed by atoms with Gasteiger partial charge in [-0.15, -0.1) is 0 Å². The number of ether oxygens (including phenoxy) is 1. The zero-order chi connectivity index (χ0) is 19.8. The molecule has 0 saturated carbocycles. The molecule has 150 valence electrons. The summed E-state index contributed by atoms with van der Waals surface area (Å²) in [6.45, 7) is 0.682. The van der Waals surface area contributed by atoms with Crippen molar-refractivity contribution in [2.24, 2.45) is 0 Å². The van der Waals surface area contributed by atoms with Crippen LogP contribution in [-0.2, 0) is 25.7 Å². The van der Waals surface area contributed by atoms with Crippen LogP contribution in [0.25, 0.3) is 0 Å². The Hall–Kier alpha value is -2.52. The van der Waals surface area contributed by atoms with Crippen molar-refractivity contribution in [3.8, 4) is 0 Å². The molecule has 3 fully saturated rings. The van der Waals surface area contributed by atoms with Crippen LogP contribution >= 0.6 is 0 Å². The lowest BCUT2D eigenvalue weighted by Crippen LogP contribution is -2.69. The van der Waals surface area contributed by atoms with Crippen molar-refractivity contribution < 1.29 is 28.6 Å². The number of hydrogen-bond acceptors (Lipinski definition) is 5. The summed E-state index contributed by atoms with van der Waals surface area (Å²) >= 11 is 0. The molecule has 3 heterocycles. The Morgan fingerprint density at radius 3 is 2.50 bits per heavy atom. The Bertz CT molecular complexity index is 786. The van der Waals surface area contributed by atoms with Gasteiger partial charge < -0.3 is 24.5 Å². The molecular weight excluding hydrogens is 369 g/mol. The van der Waals surface area contributed by atoms with Gasteiger partial charge in [-0.25, -0.2) is 4.39 Å². The first-order valence-corrected chi connectivity index (χ1v) is 9.33. The van der Waals surface area contributed by atoms with Gasteiger partial charge in [0.15, 0.2) is 0 Å². The molecule has 1 N–H and O–H groups in total. The number of rotatable bonds is 4. The van der Waals surface area contributed by atoms with Gasteiger partial charge in [0.05, 0.1) is 19.3 Å². The third kappa shape index (κ3) is 3.35. The Morgan fingerprint density at radius 1 is 1.07 bits per heavy atom. The molecule has 3 aliphatic heterocycles. The lowest BCUT2D eigenvalue weighted by molar-refractivity contribution is -0.165. The largest absolute Gasteiger partial charge is 0.387 e. The Balaban J connectivity index is 1.41. The molecule has 0 aliphatic carbocycles. The van der Waals surface area contributed by atoms with E-state index in [2.05, 4.69) is 0 Å². The molecule has 0 radical (unpaired) electrons. The van der Waals surface area contributed by atoms with E-state index >= 15 is 0 Å². The summed E-state index contributed by atoms with van der Waals surface area (Å²) in [6.07, 6.45) is 0.147. The summed E-state index contributed by atoms with van der Waals surface area (Å²) in [5.41, 5.74) is 0.819. The van der Waals surface area contributed by atoms with E-state index in [1.807, 2.05) is 0 Å². The average Bonchev–Trinajstić information content (AvgIpc) is 3.15. The minimum Gasteiger partial charge on any atom is -0.387 e. The van der Waals surface area contributed by atoms with Crippen LogP contribution in [0.2, 0.25) is 0 Å². The number of nitrogens with zero attached hydrogens (tertiary/aromatic N) is 3. The van der Waals surface area contributed by atoms with E-state index < -0.39 is 24.6 Å². The monoisotopic (exact) mass is 391 g/mol. The van der Waals surface area contributed by atoms with Crippen LogP contribution in [-0.4, -0.2) is 88.5 Å². The highest BCUT2D eigenvalue weighted by Crippen LogP contribution is 2.30. The number of carbonyl (C=O) groups excluding carboxylic acids is 3. The number of aliphatic hydroxyl groups is 1. The molecule has 3 atom stereocenters. The number of carbonyl (C=O) groups is 3. The molecule has 9 heteroatoms. The van der Waals surface area contributed by atoms with Crippen LogP contribution in [0.3, 0.4) is 0 Å². The third-order valence-corrected chi connectivity index (χ3v) is 5.67. The van der Waals surface area contributed by atoms with E-state index in [1.54, 1.807) is 21.9 Å². The number of aliphatic hydroxyl groups excluding tert-OH is 1. The van der Waals surface area contributed by atoms with Crippen LogP contribution in [0.15, 0.2) is 24.3 Å². The number of benzene rings is 1. The Morgan fingerprint density at radius 2 is 1.79 bits per heavy atom. The van der Waals surface area contributed by atoms with Gasteiger partial charge >= 0.3 is 0 Å². The minimum absolute atomic E-state index is 0.105. The second kappa shape index (κ2) is 7.48. The molecule has 0 bridgehead atoms. The zero-order valence-corrected chi connectivity index (χ0v) is 15.3. The van der Waals surface area contributed by atoms with Crippen LogP contribution in [0.5, 0.6) is 0 Å². The lowest BCUT2D eigenvalue weighted by Gasteiger charge is -2.47. The Kier molecular flexibility index (Phi) is 5.03. The van der Waals surface area contributed by atoms with Gasteiger partial charge in [0.1, 0.15) is 24.5 Å². The molecule has 1 aromatic rings. The third-order valence-electron chi connectivity index (χ3n) is 5.67. The maximum Gasteiger partial charge on any atom is 0.248 e. The summed E-state index contributed by atoms with van der Waals surface area (Å²) in [7, 11) is 0. The molecule has 0 spiro atoms. The number of hydrogen-bond donors (Lipinski definition) is 1. The van der Waals surface area contributed by atoms with Crippen molar-refractivity contribution in [1.29, 1.82) is 0 Å². The molecule has 4 rings (SSSR count). The van der Waals surface area contributed by atoms with Crippen molar-refractivity contribution in [2.45, 2.75) is 31.2 Å². The summed E-state index contributed by atoms with van der Waals surface area (Å²) in [6, 6.07) is 4.76. The fraction of sp³-hybridized carbons (Fsp3) is 0.526. The van der Waals surface area contributed by atoms with E-state index in [1.165, 1.54) is 17.0 Å². The first-order chi connectivity index (χ1) is 13.5. The molecular formula is C19H22FN3O5. The highest BCUT2D eigenvalue weighted by Gasteiger charge is 2.52. The first-order valence-electron chi connectivity index (χ1n) is 9.33. The van der Waals surface area contributed by atoms with Gasteiger partial charge in [0.2, 0.25) is 17.7 Å². The van der Waals surface area contributed by atoms with Crippen LogP contribution in [0, 0.1) is 5.82 Å². The summed E-state index contributed by atoms with van der Waals surface area (Å²) in [5.74, 6) is -1.06. The quantitative estimate of drug-likeness (QED) is 0.737. The van der Waals surface area contributed by atoms with E-state index in [-0.39, 0.29) is 43.4 Å². The van der Waals surface area contributed by atoms with E-state index in [0.29, 0.717) is 19.5 Å². The number of halogens is 1. The van der Waals surface area contributed by atoms with E-state index in [4.69, 9.17) is 9.84 Å². The molecule has 3 aliphatic rings. The van der Waals surface area contributed by atoms with Crippen molar-refractivity contribution in [1.82, 2.24) is 14.7 Å². The molecule has 3 saturated heterocycles. The fourth-order valence-corrected chi connectivity index (χ4v) is 4.16. The predicted molar refractivity (Wildman–Crippen MR) is 94.3 cm³/mol. The highest BCUT2D eigenvalue weighted by molar-refractivity contribution is 5.98. The first kappa shape index (κ1) is 18.8. The number of fused-ring (bicyclic) bond motifs is 2. The molecule has 0 aromatic heterocycles. The summed E-state index contributed by atoms with van der Waals surface area (Å²) < 4.78 is 18.9. The van der Waals surface area contributed by atoms with Crippen molar-refractivity contribution in [3.63, 3.8) is 0 Å². The Labute approximate surface area is 161 Å². The highest BCUT2D eigenvalue weighted by atomic mass is 19.1. The molecule has 8 nitrogen and oxygen atoms in total. The van der Waals surface area contributed by atoms with Gasteiger partial charge in [-0.05, 0) is 17.7 Å². The van der Waals surface area contributed by atoms with Crippen molar-refractivity contribution >= 4 is 17.7 Å². The normalized spacial score (nSPS) is 27.1. The van der Waals surface area contributed by atoms with Crippen molar-refractivity contribution in [3.05, 3.63) is 35.6 Å². The lowest BCUT2D eigenvalue weighted by atomic mass is 10.0. The van der Waals surface area contributed by atoms with Crippen LogP contribution in [0.4, 0.5) is 4.39 Å². The van der Waals surface area contributed by atoms with Gasteiger partial charge in [-0.3, -0.25) is 14.4 Å². The number of piperazine rings is 2. The second-order valence-corrected chi connectivity index (χ2v) is 7.35. The number of amides is 3. The van der Waals surface area contributed by atoms with Gasteiger partial charge in [-0.2, -0.15) is 0 Å². The molecule has 28 heavy (non-hydrogen) atoms. The standard InChI is InChI=1S/C19H22FN3O5/c20-13-3-1-12(2-4-13)11-28-14-7-15-18(26)22-6-5-21(17(25)10-24)9-16(22)19(27)23(15)8-14/h1-4,14-16,24H,5-11H2/t14-,15+,16+/m1/s1. The summed E-state index contributed by atoms with van der Waals surface area (Å²) in [4.78, 5) is 42.1. The maximum absolute atomic E-state index is 13.0. The van der Waals surface area contributed by atoms with Gasteiger partial charge in [-0.1, -0.05) is 12.1 Å². The second-order valence-electron chi connectivity index (χ2n) is 7.35. The predicted octanol–water partition coefficient (Wildman–Crippen LogP) is -0.643. The SMILES string of the molecule is O=C(CO)N1CCN2C(=O)[C@@H]3C[C@@H](OCc4ccc(F)cc4)CN3C(=O)[C@@H]2C1. The molecule has 1 aromatic carbocycles. The van der Waals surface area contributed by atoms with Crippen molar-refractivity contribution in [2.75, 3.05) is 32.8 Å². The van der Waals surface area contributed by atoms with Crippen LogP contribution < -0.4 is 0 Å². The fourth-order valence-electron chi connectivity index (χ4n) is 4.16.